The van der Waals surface area contributed by atoms with Crippen LogP contribution in [0.3, 0.4) is 0 Å². The van der Waals surface area contributed by atoms with Gasteiger partial charge in [0.2, 0.25) is 11.8 Å². The van der Waals surface area contributed by atoms with Crippen molar-refractivity contribution < 1.29 is 33.3 Å². The van der Waals surface area contributed by atoms with Gasteiger partial charge < -0.3 is 34.9 Å². The molecule has 2 amide bonds. The summed E-state index contributed by atoms with van der Waals surface area (Å²) in [6.07, 6.45) is 6.50. The van der Waals surface area contributed by atoms with Gasteiger partial charge in [-0.25, -0.2) is 0 Å². The van der Waals surface area contributed by atoms with Gasteiger partial charge in [0.25, 0.3) is 0 Å². The number of hydrogen-bond acceptors (Lipinski definition) is 8. The van der Waals surface area contributed by atoms with Crippen molar-refractivity contribution >= 4 is 17.6 Å². The lowest BCUT2D eigenvalue weighted by atomic mass is 10.1. The van der Waals surface area contributed by atoms with Crippen molar-refractivity contribution in [2.45, 2.75) is 46.1 Å². The van der Waals surface area contributed by atoms with Gasteiger partial charge in [-0.2, -0.15) is 0 Å². The van der Waals surface area contributed by atoms with Crippen LogP contribution in [0, 0.1) is 0 Å². The molecule has 33 heavy (non-hydrogen) atoms. The number of nitrogens with one attached hydrogen (secondary N) is 3. The zero-order valence-electron chi connectivity index (χ0n) is 20.5. The summed E-state index contributed by atoms with van der Waals surface area (Å²) < 4.78 is 20.9. The third kappa shape index (κ3) is 24.6. The highest BCUT2D eigenvalue weighted by Gasteiger charge is 2.05. The van der Waals surface area contributed by atoms with Crippen molar-refractivity contribution in [3.05, 3.63) is 12.2 Å². The maximum Gasteiger partial charge on any atom is 0.246 e. The Morgan fingerprint density at radius 2 is 1.36 bits per heavy atom. The molecule has 0 aliphatic heterocycles. The first kappa shape index (κ1) is 31.1. The van der Waals surface area contributed by atoms with Gasteiger partial charge in [0.05, 0.1) is 39.6 Å². The van der Waals surface area contributed by atoms with E-state index in [4.69, 9.17) is 18.9 Å². The second-order valence-corrected chi connectivity index (χ2v) is 7.46. The van der Waals surface area contributed by atoms with Crippen LogP contribution in [-0.2, 0) is 33.3 Å². The Balaban J connectivity index is 3.39. The fraction of sp³-hybridized carbons (Fsp3) is 0.783. The number of carbonyl (C=O) groups excluding carboxylic acids is 3. The number of Topliss-reactive ketones (excluding diaryl/α,β-unsaturated/α-hetero) is 1. The average molecular weight is 474 g/mol. The van der Waals surface area contributed by atoms with Crippen molar-refractivity contribution in [3.8, 4) is 0 Å². The maximum atomic E-state index is 11.8. The average Bonchev–Trinajstić information content (AvgIpc) is 2.78. The van der Waals surface area contributed by atoms with Crippen LogP contribution in [0.25, 0.3) is 0 Å². The Bertz CT molecular complexity index is 544. The summed E-state index contributed by atoms with van der Waals surface area (Å²) in [6, 6.07) is 0.286. The molecule has 0 aromatic carbocycles. The standard InChI is InChI=1S/C23H43N3O7/c1-4-5-6-9-24-20(2)7-8-22(28)25-10-12-30-15-17-33-19-23(29)26-11-13-31-14-16-32-18-21(3)27/h5-6,20,24H,4,7-19H2,1-3H3,(H,25,28)(H,26,29)/b6-5+. The Hall–Kier alpha value is -1.85. The van der Waals surface area contributed by atoms with Crippen LogP contribution in [0.5, 0.6) is 0 Å². The molecule has 0 bridgehead atoms. The van der Waals surface area contributed by atoms with Crippen LogP contribution < -0.4 is 16.0 Å². The minimum Gasteiger partial charge on any atom is -0.377 e. The summed E-state index contributed by atoms with van der Waals surface area (Å²) in [7, 11) is 0. The molecule has 3 N–H and O–H groups in total. The van der Waals surface area contributed by atoms with E-state index in [-0.39, 0.29) is 36.9 Å². The highest BCUT2D eigenvalue weighted by atomic mass is 16.5. The Morgan fingerprint density at radius 1 is 0.788 bits per heavy atom. The van der Waals surface area contributed by atoms with Gasteiger partial charge in [-0.15, -0.1) is 0 Å². The first-order chi connectivity index (χ1) is 16.0. The van der Waals surface area contributed by atoms with Crippen LogP contribution in [0.2, 0.25) is 0 Å². The van der Waals surface area contributed by atoms with E-state index in [2.05, 4.69) is 41.9 Å². The highest BCUT2D eigenvalue weighted by Crippen LogP contribution is 1.96. The molecule has 0 saturated carbocycles. The minimum absolute atomic E-state index is 0.0110. The molecule has 0 aromatic rings. The second-order valence-electron chi connectivity index (χ2n) is 7.46. The summed E-state index contributed by atoms with van der Waals surface area (Å²) in [6.45, 7) is 9.39. The third-order valence-electron chi connectivity index (χ3n) is 4.21. The van der Waals surface area contributed by atoms with Gasteiger partial charge >= 0.3 is 0 Å². The first-order valence-electron chi connectivity index (χ1n) is 11.7. The van der Waals surface area contributed by atoms with Gasteiger partial charge in [-0.05, 0) is 26.7 Å². The minimum atomic E-state index is -0.233. The molecule has 0 spiro atoms. The fourth-order valence-corrected chi connectivity index (χ4v) is 2.45. The third-order valence-corrected chi connectivity index (χ3v) is 4.21. The number of ether oxygens (including phenoxy) is 4. The normalized spacial score (nSPS) is 12.1. The number of allylic oxidation sites excluding steroid dienone is 1. The molecule has 0 saturated heterocycles. The lowest BCUT2D eigenvalue weighted by Crippen LogP contribution is -2.32. The van der Waals surface area contributed by atoms with E-state index in [1.54, 1.807) is 0 Å². The quantitative estimate of drug-likeness (QED) is 0.146. The fourth-order valence-electron chi connectivity index (χ4n) is 2.45. The topological polar surface area (TPSA) is 124 Å². The monoisotopic (exact) mass is 473 g/mol. The van der Waals surface area contributed by atoms with Crippen LogP contribution in [0.1, 0.15) is 40.0 Å². The summed E-state index contributed by atoms with van der Waals surface area (Å²) in [5, 5.41) is 8.85. The van der Waals surface area contributed by atoms with Crippen LogP contribution in [-0.4, -0.2) is 96.1 Å². The largest absolute Gasteiger partial charge is 0.377 e. The Kier molecular flexibility index (Phi) is 22.0. The molecule has 0 radical (unpaired) electrons. The van der Waals surface area contributed by atoms with Crippen molar-refractivity contribution in [2.24, 2.45) is 0 Å². The summed E-state index contributed by atoms with van der Waals surface area (Å²) >= 11 is 0. The Morgan fingerprint density at radius 3 is 1.97 bits per heavy atom. The number of hydrogen-bond donors (Lipinski definition) is 3. The van der Waals surface area contributed by atoms with Crippen molar-refractivity contribution in [2.75, 3.05) is 72.5 Å². The molecule has 10 nitrogen and oxygen atoms in total. The SMILES string of the molecule is CC/C=C/CNC(C)CCC(=O)NCCOCCOCC(=O)NCCOCCOCC(C)=O. The molecule has 0 rings (SSSR count). The molecule has 1 atom stereocenters. The predicted octanol–water partition coefficient (Wildman–Crippen LogP) is 0.599. The van der Waals surface area contributed by atoms with E-state index >= 15 is 0 Å². The Labute approximate surface area is 198 Å². The summed E-state index contributed by atoms with van der Waals surface area (Å²) in [5.74, 6) is -0.250. The van der Waals surface area contributed by atoms with Gasteiger partial charge in [0.1, 0.15) is 13.2 Å². The molecule has 0 fully saturated rings. The first-order valence-corrected chi connectivity index (χ1v) is 11.7. The van der Waals surface area contributed by atoms with E-state index in [1.807, 2.05) is 0 Å². The molecule has 0 heterocycles. The molecule has 0 aromatic heterocycles. The lowest BCUT2D eigenvalue weighted by molar-refractivity contribution is -0.127. The summed E-state index contributed by atoms with van der Waals surface area (Å²) in [5.41, 5.74) is 0. The van der Waals surface area contributed by atoms with Crippen molar-refractivity contribution in [1.82, 2.24) is 16.0 Å². The maximum absolute atomic E-state index is 11.8. The van der Waals surface area contributed by atoms with Gasteiger partial charge in [0.15, 0.2) is 5.78 Å². The van der Waals surface area contributed by atoms with Gasteiger partial charge in [-0.1, -0.05) is 19.1 Å². The number of carbonyl (C=O) groups is 3. The van der Waals surface area contributed by atoms with Crippen LogP contribution >= 0.6 is 0 Å². The molecule has 0 aliphatic rings. The second kappa shape index (κ2) is 23.3. The van der Waals surface area contributed by atoms with Gasteiger partial charge in [0, 0.05) is 32.1 Å². The zero-order valence-corrected chi connectivity index (χ0v) is 20.5. The van der Waals surface area contributed by atoms with E-state index in [1.165, 1.54) is 6.92 Å². The van der Waals surface area contributed by atoms with E-state index in [9.17, 15) is 14.4 Å². The summed E-state index contributed by atoms with van der Waals surface area (Å²) in [4.78, 5) is 34.1. The zero-order chi connectivity index (χ0) is 24.6. The number of ketones is 1. The number of amides is 2. The lowest BCUT2D eigenvalue weighted by Gasteiger charge is -2.12. The van der Waals surface area contributed by atoms with E-state index in [0.717, 1.165) is 19.4 Å². The van der Waals surface area contributed by atoms with E-state index < -0.39 is 0 Å². The molecule has 0 aliphatic carbocycles. The van der Waals surface area contributed by atoms with Gasteiger partial charge in [-0.3, -0.25) is 14.4 Å². The smallest absolute Gasteiger partial charge is 0.246 e. The van der Waals surface area contributed by atoms with E-state index in [0.29, 0.717) is 59.2 Å². The highest BCUT2D eigenvalue weighted by molar-refractivity contribution is 5.77. The predicted molar refractivity (Wildman–Crippen MR) is 126 cm³/mol. The number of rotatable bonds is 23. The molecule has 10 heteroatoms. The van der Waals surface area contributed by atoms with Crippen LogP contribution in [0.15, 0.2) is 12.2 Å². The van der Waals surface area contributed by atoms with Crippen LogP contribution in [0.4, 0.5) is 0 Å². The molecule has 192 valence electrons. The van der Waals surface area contributed by atoms with Crippen molar-refractivity contribution in [1.29, 1.82) is 0 Å². The molecular weight excluding hydrogens is 430 g/mol. The van der Waals surface area contributed by atoms with Crippen molar-refractivity contribution in [3.63, 3.8) is 0 Å². The molecular formula is C23H43N3O7. The molecule has 1 unspecified atom stereocenters.